The van der Waals surface area contributed by atoms with E-state index in [1.54, 1.807) is 12.5 Å². The maximum atomic E-state index is 11.5. The fraction of sp³-hybridized carbons (Fsp3) is 0.636. The number of nitrogens with zero attached hydrogens (tertiary/aromatic N) is 2. The van der Waals surface area contributed by atoms with Crippen molar-refractivity contribution in [3.8, 4) is 0 Å². The summed E-state index contributed by atoms with van der Waals surface area (Å²) in [6, 6.07) is 0.607. The van der Waals surface area contributed by atoms with Gasteiger partial charge in [-0.2, -0.15) is 0 Å². The average Bonchev–Trinajstić information content (AvgIpc) is 3.16. The average molecular weight is 220 g/mol. The zero-order chi connectivity index (χ0) is 11.1. The van der Waals surface area contributed by atoms with Crippen LogP contribution in [0.5, 0.6) is 0 Å². The maximum Gasteiger partial charge on any atom is 0.240 e. The van der Waals surface area contributed by atoms with Crippen LogP contribution in [-0.4, -0.2) is 21.5 Å². The van der Waals surface area contributed by atoms with E-state index in [0.29, 0.717) is 12.1 Å². The van der Waals surface area contributed by atoms with Gasteiger partial charge >= 0.3 is 0 Å². The number of nitrogens with two attached hydrogens (primary N) is 1. The van der Waals surface area contributed by atoms with E-state index in [9.17, 15) is 4.79 Å². The van der Waals surface area contributed by atoms with Crippen LogP contribution in [0.3, 0.4) is 0 Å². The summed E-state index contributed by atoms with van der Waals surface area (Å²) in [5, 5.41) is 3.28. The fourth-order valence-electron chi connectivity index (χ4n) is 2.00. The first-order valence-electron chi connectivity index (χ1n) is 5.83. The van der Waals surface area contributed by atoms with Gasteiger partial charge in [0.15, 0.2) is 0 Å². The van der Waals surface area contributed by atoms with Crippen molar-refractivity contribution in [2.45, 2.75) is 43.8 Å². The van der Waals surface area contributed by atoms with E-state index >= 15 is 0 Å². The molecule has 0 aliphatic heterocycles. The van der Waals surface area contributed by atoms with Gasteiger partial charge in [-0.25, -0.2) is 4.98 Å². The van der Waals surface area contributed by atoms with Crippen LogP contribution in [0.2, 0.25) is 0 Å². The number of imidazole rings is 1. The molecule has 0 bridgehead atoms. The second-order valence-corrected chi connectivity index (χ2v) is 4.73. The molecule has 2 fully saturated rings. The van der Waals surface area contributed by atoms with Crippen molar-refractivity contribution in [1.82, 2.24) is 14.9 Å². The van der Waals surface area contributed by atoms with Crippen LogP contribution in [0.4, 0.5) is 0 Å². The summed E-state index contributed by atoms with van der Waals surface area (Å²) >= 11 is 0. The molecule has 1 amide bonds. The van der Waals surface area contributed by atoms with Crippen molar-refractivity contribution in [1.29, 1.82) is 0 Å². The molecule has 1 unspecified atom stereocenters. The third kappa shape index (κ3) is 1.82. The molecule has 5 nitrogen and oxygen atoms in total. The lowest BCUT2D eigenvalue weighted by Crippen LogP contribution is -2.36. The highest BCUT2D eigenvalue weighted by molar-refractivity contribution is 5.81. The van der Waals surface area contributed by atoms with Gasteiger partial charge in [-0.1, -0.05) is 0 Å². The molecule has 1 aromatic heterocycles. The Hall–Kier alpha value is -1.36. The Kier molecular flexibility index (Phi) is 2.21. The SMILES string of the molecule is NC(=O)C(NC1CC1)c1cncn1C1CC1. The van der Waals surface area contributed by atoms with Crippen molar-refractivity contribution >= 4 is 5.91 Å². The first-order valence-corrected chi connectivity index (χ1v) is 5.83. The predicted octanol–water partition coefficient (Wildman–Crippen LogP) is 0.496. The van der Waals surface area contributed by atoms with Gasteiger partial charge in [0, 0.05) is 12.1 Å². The van der Waals surface area contributed by atoms with Crippen LogP contribution in [-0.2, 0) is 4.79 Å². The molecule has 2 aliphatic rings. The van der Waals surface area contributed by atoms with Gasteiger partial charge in [-0.15, -0.1) is 0 Å². The molecule has 0 aromatic carbocycles. The molecule has 16 heavy (non-hydrogen) atoms. The van der Waals surface area contributed by atoms with Gasteiger partial charge in [0.1, 0.15) is 6.04 Å². The Labute approximate surface area is 94.0 Å². The van der Waals surface area contributed by atoms with Crippen molar-refractivity contribution in [3.05, 3.63) is 18.2 Å². The lowest BCUT2D eigenvalue weighted by molar-refractivity contribution is -0.120. The molecule has 1 heterocycles. The number of hydrogen-bond donors (Lipinski definition) is 2. The molecular weight excluding hydrogens is 204 g/mol. The fourth-order valence-corrected chi connectivity index (χ4v) is 2.00. The van der Waals surface area contributed by atoms with E-state index in [-0.39, 0.29) is 11.9 Å². The molecule has 86 valence electrons. The number of amides is 1. The molecule has 5 heteroatoms. The highest BCUT2D eigenvalue weighted by atomic mass is 16.1. The summed E-state index contributed by atoms with van der Waals surface area (Å²) in [6.45, 7) is 0. The number of carbonyl (C=O) groups is 1. The number of rotatable bonds is 5. The van der Waals surface area contributed by atoms with E-state index in [1.165, 1.54) is 12.8 Å². The first kappa shape index (κ1) is 9.84. The second-order valence-electron chi connectivity index (χ2n) is 4.73. The molecule has 1 aromatic rings. The minimum Gasteiger partial charge on any atom is -0.368 e. The van der Waals surface area contributed by atoms with E-state index in [2.05, 4.69) is 14.9 Å². The number of aromatic nitrogens is 2. The number of primary amides is 1. The Bertz CT molecular complexity index is 406. The molecule has 0 radical (unpaired) electrons. The molecule has 2 aliphatic carbocycles. The lowest BCUT2D eigenvalue weighted by atomic mass is 10.2. The predicted molar refractivity (Wildman–Crippen MR) is 58.6 cm³/mol. The lowest BCUT2D eigenvalue weighted by Gasteiger charge is -2.16. The highest BCUT2D eigenvalue weighted by Gasteiger charge is 2.33. The van der Waals surface area contributed by atoms with Crippen LogP contribution in [0.25, 0.3) is 0 Å². The Morgan fingerprint density at radius 1 is 1.50 bits per heavy atom. The van der Waals surface area contributed by atoms with E-state index in [0.717, 1.165) is 18.5 Å². The summed E-state index contributed by atoms with van der Waals surface area (Å²) in [5.74, 6) is -0.311. The zero-order valence-electron chi connectivity index (χ0n) is 9.10. The molecule has 2 saturated carbocycles. The van der Waals surface area contributed by atoms with Crippen LogP contribution in [0, 0.1) is 0 Å². The van der Waals surface area contributed by atoms with Crippen LogP contribution in [0.15, 0.2) is 12.5 Å². The van der Waals surface area contributed by atoms with Gasteiger partial charge in [-0.05, 0) is 25.7 Å². The number of carbonyl (C=O) groups excluding carboxylic acids is 1. The minimum absolute atomic E-state index is 0.311. The normalized spacial score (nSPS) is 22.0. The van der Waals surface area contributed by atoms with Crippen LogP contribution in [0.1, 0.15) is 43.5 Å². The standard InChI is InChI=1S/C11H16N4O/c12-11(16)10(14-7-1-2-7)9-5-13-6-15(9)8-3-4-8/h5-8,10,14H,1-4H2,(H2,12,16). The number of nitrogens with one attached hydrogen (secondary N) is 1. The third-order valence-electron chi connectivity index (χ3n) is 3.20. The monoisotopic (exact) mass is 220 g/mol. The van der Waals surface area contributed by atoms with Crippen molar-refractivity contribution < 1.29 is 4.79 Å². The van der Waals surface area contributed by atoms with Gasteiger partial charge < -0.3 is 10.3 Å². The van der Waals surface area contributed by atoms with E-state index in [1.807, 2.05) is 0 Å². The Balaban J connectivity index is 1.84. The van der Waals surface area contributed by atoms with Gasteiger partial charge in [0.2, 0.25) is 5.91 Å². The van der Waals surface area contributed by atoms with Crippen LogP contribution >= 0.6 is 0 Å². The minimum atomic E-state index is -0.379. The quantitative estimate of drug-likeness (QED) is 0.758. The van der Waals surface area contributed by atoms with Crippen molar-refractivity contribution in [3.63, 3.8) is 0 Å². The van der Waals surface area contributed by atoms with E-state index in [4.69, 9.17) is 5.73 Å². The zero-order valence-corrected chi connectivity index (χ0v) is 9.10. The summed E-state index contributed by atoms with van der Waals surface area (Å²) < 4.78 is 2.09. The summed E-state index contributed by atoms with van der Waals surface area (Å²) in [4.78, 5) is 15.6. The van der Waals surface area contributed by atoms with Crippen molar-refractivity contribution in [2.24, 2.45) is 5.73 Å². The summed E-state index contributed by atoms with van der Waals surface area (Å²) in [6.07, 6.45) is 8.19. The van der Waals surface area contributed by atoms with Gasteiger partial charge in [0.05, 0.1) is 18.2 Å². The van der Waals surface area contributed by atoms with Gasteiger partial charge in [0.25, 0.3) is 0 Å². The summed E-state index contributed by atoms with van der Waals surface area (Å²) in [7, 11) is 0. The molecule has 3 N–H and O–H groups in total. The Morgan fingerprint density at radius 3 is 2.81 bits per heavy atom. The maximum absolute atomic E-state index is 11.5. The summed E-state index contributed by atoms with van der Waals surface area (Å²) in [5.41, 5.74) is 6.37. The van der Waals surface area contributed by atoms with Crippen LogP contribution < -0.4 is 11.1 Å². The second kappa shape index (κ2) is 3.59. The first-order chi connectivity index (χ1) is 7.75. The van der Waals surface area contributed by atoms with Crippen molar-refractivity contribution in [2.75, 3.05) is 0 Å². The molecule has 0 spiro atoms. The van der Waals surface area contributed by atoms with Gasteiger partial charge in [-0.3, -0.25) is 10.1 Å². The molecular formula is C11H16N4O. The molecule has 3 rings (SSSR count). The number of hydrogen-bond acceptors (Lipinski definition) is 3. The largest absolute Gasteiger partial charge is 0.368 e. The topological polar surface area (TPSA) is 72.9 Å². The smallest absolute Gasteiger partial charge is 0.240 e. The third-order valence-corrected chi connectivity index (χ3v) is 3.20. The Morgan fingerprint density at radius 2 is 2.25 bits per heavy atom. The molecule has 0 saturated heterocycles. The molecule has 1 atom stereocenters. The highest BCUT2D eigenvalue weighted by Crippen LogP contribution is 2.37. The van der Waals surface area contributed by atoms with E-state index < -0.39 is 0 Å².